The van der Waals surface area contributed by atoms with Crippen molar-refractivity contribution in [2.45, 2.75) is 0 Å². The van der Waals surface area contributed by atoms with E-state index in [1.807, 2.05) is 146 Å². The van der Waals surface area contributed by atoms with E-state index in [9.17, 15) is 0 Å². The summed E-state index contributed by atoms with van der Waals surface area (Å²) in [5.41, 5.74) is 6.69. The Labute approximate surface area is 335 Å². The van der Waals surface area contributed by atoms with Crippen molar-refractivity contribution < 1.29 is 19.3 Å². The predicted molar refractivity (Wildman–Crippen MR) is 223 cm³/mol. The molecule has 4 aromatic heterocycles. The van der Waals surface area contributed by atoms with Crippen molar-refractivity contribution in [1.29, 1.82) is 0 Å². The Balaban J connectivity index is 0.000000137. The highest BCUT2D eigenvalue weighted by Gasteiger charge is 2.16. The normalized spacial score (nSPS) is 10.7. The maximum Gasteiger partial charge on any atom is 0.327 e. The molecule has 4 heterocycles. The summed E-state index contributed by atoms with van der Waals surface area (Å²) >= 11 is 17.5. The van der Waals surface area contributed by atoms with Gasteiger partial charge in [0.2, 0.25) is 15.9 Å². The number of benzene rings is 6. The smallest absolute Gasteiger partial charge is 0.327 e. The fourth-order valence-corrected chi connectivity index (χ4v) is 6.62. The fraction of sp³-hybridized carbons (Fsp3) is 0. The predicted octanol–water partition coefficient (Wildman–Crippen LogP) is 9.60. The van der Waals surface area contributed by atoms with Crippen LogP contribution in [0.3, 0.4) is 0 Å². The maximum atomic E-state index is 9.15. The molecule has 0 aliphatic carbocycles. The van der Waals surface area contributed by atoms with Crippen LogP contribution in [0.5, 0.6) is 0 Å². The summed E-state index contributed by atoms with van der Waals surface area (Å²) in [6, 6.07) is 46.4. The number of hydrogen-bond acceptors (Lipinski definition) is 9. The van der Waals surface area contributed by atoms with Gasteiger partial charge in [0, 0.05) is 38.2 Å². The molecule has 0 saturated carbocycles. The lowest BCUT2D eigenvalue weighted by atomic mass is 9.85. The van der Waals surface area contributed by atoms with Crippen LogP contribution >= 0.6 is 34.8 Å². The summed E-state index contributed by atoms with van der Waals surface area (Å²) in [4.78, 5) is 24.9. The molecule has 0 aliphatic heterocycles. The van der Waals surface area contributed by atoms with E-state index in [1.165, 1.54) is 0 Å². The minimum Gasteiger partial charge on any atom is -0.456 e. The highest BCUT2D eigenvalue weighted by Crippen LogP contribution is 2.36. The van der Waals surface area contributed by atoms with Crippen LogP contribution in [0.4, 0.5) is 0 Å². The van der Waals surface area contributed by atoms with Crippen molar-refractivity contribution in [3.8, 4) is 34.2 Å². The maximum absolute atomic E-state index is 9.15. The lowest BCUT2D eigenvalue weighted by Gasteiger charge is -2.06. The van der Waals surface area contributed by atoms with E-state index >= 15 is 0 Å². The van der Waals surface area contributed by atoms with Gasteiger partial charge < -0.3 is 19.3 Å². The second kappa shape index (κ2) is 17.1. The number of furan rings is 2. The molecule has 273 valence electrons. The summed E-state index contributed by atoms with van der Waals surface area (Å²) in [7, 11) is 1.12. The molecular formula is C42H27BCl3N6O4. The zero-order chi connectivity index (χ0) is 37.7. The molecule has 0 saturated heterocycles. The number of fused-ring (bicyclic) bond motifs is 6. The molecule has 0 aliphatic rings. The minimum absolute atomic E-state index is 0. The Morgan fingerprint density at radius 1 is 0.411 bits per heavy atom. The van der Waals surface area contributed by atoms with Crippen LogP contribution < -0.4 is 5.46 Å². The monoisotopic (exact) mass is 795 g/mol. The Bertz CT molecular complexity index is 2910. The van der Waals surface area contributed by atoms with Crippen LogP contribution in [0.25, 0.3) is 78.0 Å². The Hall–Kier alpha value is -6.21. The molecule has 0 spiro atoms. The van der Waals surface area contributed by atoms with Gasteiger partial charge in [-0.2, -0.15) is 24.9 Å². The summed E-state index contributed by atoms with van der Waals surface area (Å²) in [6.07, 6.45) is 0. The van der Waals surface area contributed by atoms with Crippen molar-refractivity contribution in [3.63, 3.8) is 0 Å². The third-order valence-corrected chi connectivity index (χ3v) is 8.98. The van der Waals surface area contributed by atoms with E-state index in [4.69, 9.17) is 48.7 Å². The molecular weight excluding hydrogens is 770 g/mol. The van der Waals surface area contributed by atoms with Crippen LogP contribution in [0, 0.1) is 0 Å². The van der Waals surface area contributed by atoms with Gasteiger partial charge in [-0.15, -0.1) is 0 Å². The van der Waals surface area contributed by atoms with E-state index in [0.717, 1.165) is 73.5 Å². The van der Waals surface area contributed by atoms with E-state index < -0.39 is 0 Å². The van der Waals surface area contributed by atoms with Gasteiger partial charge in [0.1, 0.15) is 22.3 Å². The van der Waals surface area contributed by atoms with E-state index in [0.29, 0.717) is 17.5 Å². The van der Waals surface area contributed by atoms with Crippen LogP contribution in [-0.2, 0) is 0 Å². The van der Waals surface area contributed by atoms with Crippen molar-refractivity contribution in [2.24, 2.45) is 0 Å². The van der Waals surface area contributed by atoms with Gasteiger partial charge in [-0.1, -0.05) is 121 Å². The summed E-state index contributed by atoms with van der Waals surface area (Å²) in [5, 5.41) is 13.5. The van der Waals surface area contributed by atoms with Crippen molar-refractivity contribution >= 4 is 91.6 Å². The van der Waals surface area contributed by atoms with Gasteiger partial charge in [-0.3, -0.25) is 0 Å². The molecule has 1 radical (unpaired) electrons. The number of aromatic nitrogens is 6. The summed E-state index contributed by atoms with van der Waals surface area (Å²) < 4.78 is 11.6. The highest BCUT2D eigenvalue weighted by molar-refractivity contribution is 6.51. The lowest BCUT2D eigenvalue weighted by molar-refractivity contribution is 0.615. The lowest BCUT2D eigenvalue weighted by Crippen LogP contribution is -2.13. The first kappa shape index (κ1) is 38.1. The Morgan fingerprint density at radius 2 is 0.839 bits per heavy atom. The molecule has 0 fully saturated rings. The third-order valence-electron chi connectivity index (χ3n) is 8.47. The fourth-order valence-electron chi connectivity index (χ4n) is 6.10. The number of rotatable bonds is 4. The average Bonchev–Trinajstić information content (AvgIpc) is 3.80. The van der Waals surface area contributed by atoms with Gasteiger partial charge in [0.25, 0.3) is 0 Å². The Kier molecular flexibility index (Phi) is 11.6. The molecule has 0 bridgehead atoms. The van der Waals surface area contributed by atoms with Gasteiger partial charge in [0.05, 0.1) is 0 Å². The largest absolute Gasteiger partial charge is 0.456 e. The topological polar surface area (TPSA) is 155 Å². The molecule has 0 unspecified atom stereocenters. The Morgan fingerprint density at radius 3 is 1.41 bits per heavy atom. The average molecular weight is 797 g/mol. The molecule has 3 N–H and O–H groups in total. The van der Waals surface area contributed by atoms with Crippen LogP contribution in [0.15, 0.2) is 154 Å². The second-order valence-electron chi connectivity index (χ2n) is 11.9. The zero-order valence-corrected chi connectivity index (χ0v) is 31.3. The SMILES string of the molecule is Clc1nc(-c2ccccc2)nc(-c2cccc3oc4ccccc4c23)n1.Clc1nc(Cl)nc(-c2ccccc2)n1.O.O[B]c1cccc2oc3ccccc3c12. The van der Waals surface area contributed by atoms with Gasteiger partial charge in [-0.25, -0.2) is 4.98 Å². The quantitative estimate of drug-likeness (QED) is 0.171. The summed E-state index contributed by atoms with van der Waals surface area (Å²) in [5.74, 6) is 1.56. The van der Waals surface area contributed by atoms with E-state index in [2.05, 4.69) is 29.9 Å². The van der Waals surface area contributed by atoms with Crippen molar-refractivity contribution in [1.82, 2.24) is 29.9 Å². The first-order valence-corrected chi connectivity index (χ1v) is 18.0. The molecule has 10 nitrogen and oxygen atoms in total. The molecule has 10 aromatic rings. The molecule has 0 atom stereocenters. The van der Waals surface area contributed by atoms with Gasteiger partial charge in [0.15, 0.2) is 17.5 Å². The zero-order valence-electron chi connectivity index (χ0n) is 29.0. The number of hydrogen-bond donors (Lipinski definition) is 1. The molecule has 56 heavy (non-hydrogen) atoms. The van der Waals surface area contributed by atoms with E-state index in [1.54, 1.807) is 0 Å². The molecule has 6 aromatic carbocycles. The molecule has 0 amide bonds. The van der Waals surface area contributed by atoms with Crippen molar-refractivity contribution in [3.05, 3.63) is 161 Å². The van der Waals surface area contributed by atoms with E-state index in [-0.39, 0.29) is 21.3 Å². The highest BCUT2D eigenvalue weighted by atomic mass is 35.5. The first-order chi connectivity index (χ1) is 26.9. The van der Waals surface area contributed by atoms with Gasteiger partial charge >= 0.3 is 7.48 Å². The van der Waals surface area contributed by atoms with Crippen LogP contribution in [-0.4, -0.2) is 47.9 Å². The van der Waals surface area contributed by atoms with Crippen LogP contribution in [0.1, 0.15) is 0 Å². The standard InChI is InChI=1S/C21H12ClN3O.C12H8BO2.C9H5Cl2N3.H2O/c22-21-24-19(13-7-2-1-3-8-13)23-20(25-21)15-10-6-12-17-18(15)14-9-4-5-11-16(14)26-17;14-13-9-5-3-7-11-12(9)8-4-1-2-6-10(8)15-11;10-8-12-7(13-9(11)14-8)6-4-2-1-3-5-6;/h1-12H;1-7,14H;1-5H;1H2. The number of halogens is 3. The molecule has 10 rings (SSSR count). The number of nitrogens with zero attached hydrogens (tertiary/aromatic N) is 6. The third kappa shape index (κ3) is 8.08. The number of para-hydroxylation sites is 2. The summed E-state index contributed by atoms with van der Waals surface area (Å²) in [6.45, 7) is 0. The first-order valence-electron chi connectivity index (χ1n) is 16.8. The van der Waals surface area contributed by atoms with Gasteiger partial charge in [-0.05, 0) is 64.5 Å². The molecule has 14 heteroatoms. The second-order valence-corrected chi connectivity index (χ2v) is 12.9. The van der Waals surface area contributed by atoms with Crippen LogP contribution in [0.2, 0.25) is 15.9 Å². The van der Waals surface area contributed by atoms with Crippen molar-refractivity contribution in [2.75, 3.05) is 0 Å². The minimum atomic E-state index is 0.